The average Bonchev–Trinajstić information content (AvgIpc) is 3.40. The molecule has 2 aliphatic carbocycles. The molecule has 0 radical (unpaired) electrons. The number of aliphatic hydroxyl groups is 1. The van der Waals surface area contributed by atoms with Crippen molar-refractivity contribution in [3.05, 3.63) is 53.5 Å². The van der Waals surface area contributed by atoms with Gasteiger partial charge in [-0.3, -0.25) is 0 Å². The van der Waals surface area contributed by atoms with E-state index in [2.05, 4.69) is 39.6 Å². The van der Waals surface area contributed by atoms with Crippen LogP contribution in [-0.4, -0.2) is 21.7 Å². The molecule has 134 valence electrons. The van der Waals surface area contributed by atoms with Gasteiger partial charge in [-0.1, -0.05) is 24.3 Å². The van der Waals surface area contributed by atoms with Gasteiger partial charge >= 0.3 is 0 Å². The zero-order valence-electron chi connectivity index (χ0n) is 14.7. The number of nitrogens with zero attached hydrogens (tertiary/aromatic N) is 2. The molecule has 2 aliphatic rings. The lowest BCUT2D eigenvalue weighted by atomic mass is 9.98. The van der Waals surface area contributed by atoms with Crippen LogP contribution in [0.25, 0.3) is 11.1 Å². The predicted molar refractivity (Wildman–Crippen MR) is 100 cm³/mol. The van der Waals surface area contributed by atoms with E-state index in [0.717, 1.165) is 54.6 Å². The van der Waals surface area contributed by atoms with Gasteiger partial charge in [0.15, 0.2) is 11.4 Å². The van der Waals surface area contributed by atoms with Crippen molar-refractivity contribution in [3.8, 4) is 0 Å². The molecule has 0 bridgehead atoms. The van der Waals surface area contributed by atoms with Gasteiger partial charge in [0, 0.05) is 12.2 Å². The highest BCUT2D eigenvalue weighted by Crippen LogP contribution is 2.42. The standard InChI is InChI=1S/C21H23N3O2/c25-10-13-5-6-15(9-13)17-11-26-20-19(17)22-12-23-21(20)24-18-8-7-14-3-1-2-4-16(14)18/h1-4,11-13,15,18,25H,5-10H2,(H,22,23,24)/t13-,15+,18-/m0/s1. The largest absolute Gasteiger partial charge is 0.458 e. The third-order valence-electron chi connectivity index (χ3n) is 6.06. The van der Waals surface area contributed by atoms with E-state index in [9.17, 15) is 5.11 Å². The molecular formula is C21H23N3O2. The molecule has 3 atom stereocenters. The lowest BCUT2D eigenvalue weighted by Gasteiger charge is -2.14. The Morgan fingerprint density at radius 2 is 2.04 bits per heavy atom. The Morgan fingerprint density at radius 1 is 1.12 bits per heavy atom. The van der Waals surface area contributed by atoms with Crippen LogP contribution in [0.5, 0.6) is 0 Å². The number of anilines is 1. The summed E-state index contributed by atoms with van der Waals surface area (Å²) in [5.74, 6) is 1.60. The quantitative estimate of drug-likeness (QED) is 0.739. The minimum atomic E-state index is 0.267. The van der Waals surface area contributed by atoms with Crippen LogP contribution in [0, 0.1) is 5.92 Å². The number of nitrogens with one attached hydrogen (secondary N) is 1. The van der Waals surface area contributed by atoms with E-state index in [0.29, 0.717) is 11.8 Å². The smallest absolute Gasteiger partial charge is 0.194 e. The normalized spacial score (nSPS) is 24.9. The lowest BCUT2D eigenvalue weighted by molar-refractivity contribution is 0.229. The highest BCUT2D eigenvalue weighted by Gasteiger charge is 2.29. The van der Waals surface area contributed by atoms with Crippen LogP contribution in [0.2, 0.25) is 0 Å². The summed E-state index contributed by atoms with van der Waals surface area (Å²) in [6, 6.07) is 8.86. The van der Waals surface area contributed by atoms with E-state index in [1.165, 1.54) is 11.1 Å². The maximum Gasteiger partial charge on any atom is 0.194 e. The molecular weight excluding hydrogens is 326 g/mol. The molecule has 1 saturated carbocycles. The maximum absolute atomic E-state index is 9.42. The van der Waals surface area contributed by atoms with Crippen LogP contribution in [0.4, 0.5) is 5.82 Å². The number of aromatic nitrogens is 2. The minimum Gasteiger partial charge on any atom is -0.458 e. The number of furan rings is 1. The summed E-state index contributed by atoms with van der Waals surface area (Å²) in [4.78, 5) is 8.97. The number of aliphatic hydroxyl groups excluding tert-OH is 1. The number of rotatable bonds is 4. The number of hydrogen-bond donors (Lipinski definition) is 2. The Kier molecular flexibility index (Phi) is 3.89. The zero-order chi connectivity index (χ0) is 17.5. The third-order valence-corrected chi connectivity index (χ3v) is 6.06. The molecule has 0 unspecified atom stereocenters. The van der Waals surface area contributed by atoms with Crippen molar-refractivity contribution in [2.75, 3.05) is 11.9 Å². The van der Waals surface area contributed by atoms with E-state index in [4.69, 9.17) is 4.42 Å². The molecule has 0 saturated heterocycles. The zero-order valence-corrected chi connectivity index (χ0v) is 14.7. The Balaban J connectivity index is 1.45. The minimum absolute atomic E-state index is 0.267. The van der Waals surface area contributed by atoms with E-state index in [-0.39, 0.29) is 12.6 Å². The molecule has 5 nitrogen and oxygen atoms in total. The number of benzene rings is 1. The molecule has 2 heterocycles. The highest BCUT2D eigenvalue weighted by atomic mass is 16.3. The first-order valence-electron chi connectivity index (χ1n) is 9.50. The van der Waals surface area contributed by atoms with Crippen molar-refractivity contribution < 1.29 is 9.52 Å². The van der Waals surface area contributed by atoms with Gasteiger partial charge in [-0.25, -0.2) is 9.97 Å². The molecule has 5 heteroatoms. The summed E-state index contributed by atoms with van der Waals surface area (Å²) >= 11 is 0. The summed E-state index contributed by atoms with van der Waals surface area (Å²) in [6.45, 7) is 0.273. The van der Waals surface area contributed by atoms with Gasteiger partial charge < -0.3 is 14.8 Å². The lowest BCUT2D eigenvalue weighted by Crippen LogP contribution is -2.09. The van der Waals surface area contributed by atoms with Crippen molar-refractivity contribution in [2.24, 2.45) is 5.92 Å². The predicted octanol–water partition coefficient (Wildman–Crippen LogP) is 4.20. The molecule has 2 aromatic heterocycles. The molecule has 1 aromatic carbocycles. The van der Waals surface area contributed by atoms with Gasteiger partial charge in [-0.2, -0.15) is 0 Å². The molecule has 3 aromatic rings. The van der Waals surface area contributed by atoms with Gasteiger partial charge in [-0.05, 0) is 55.1 Å². The molecule has 5 rings (SSSR count). The van der Waals surface area contributed by atoms with Crippen molar-refractivity contribution in [1.29, 1.82) is 0 Å². The van der Waals surface area contributed by atoms with Crippen molar-refractivity contribution >= 4 is 16.9 Å². The molecule has 0 aliphatic heterocycles. The summed E-state index contributed by atoms with van der Waals surface area (Å²) in [7, 11) is 0. The maximum atomic E-state index is 9.42. The molecule has 0 spiro atoms. The second kappa shape index (κ2) is 6.40. The van der Waals surface area contributed by atoms with Crippen molar-refractivity contribution in [2.45, 2.75) is 44.1 Å². The SMILES string of the molecule is OC[C@H]1CC[C@@H](c2coc3c(N[C@H]4CCc5ccccc54)ncnc23)C1. The fourth-order valence-corrected chi connectivity index (χ4v) is 4.66. The summed E-state index contributed by atoms with van der Waals surface area (Å²) in [5, 5.41) is 13.0. The highest BCUT2D eigenvalue weighted by molar-refractivity contribution is 5.86. The topological polar surface area (TPSA) is 71.2 Å². The first-order valence-corrected chi connectivity index (χ1v) is 9.50. The second-order valence-electron chi connectivity index (χ2n) is 7.58. The van der Waals surface area contributed by atoms with Crippen LogP contribution in [0.1, 0.15) is 54.3 Å². The van der Waals surface area contributed by atoms with Crippen molar-refractivity contribution in [3.63, 3.8) is 0 Å². The van der Waals surface area contributed by atoms with E-state index < -0.39 is 0 Å². The first-order chi connectivity index (χ1) is 12.8. The summed E-state index contributed by atoms with van der Waals surface area (Å²) < 4.78 is 5.91. The van der Waals surface area contributed by atoms with Gasteiger partial charge in [0.2, 0.25) is 0 Å². The number of fused-ring (bicyclic) bond motifs is 2. The molecule has 1 fully saturated rings. The Labute approximate surface area is 152 Å². The van der Waals surface area contributed by atoms with E-state index >= 15 is 0 Å². The Hall–Kier alpha value is -2.40. The fourth-order valence-electron chi connectivity index (χ4n) is 4.66. The van der Waals surface area contributed by atoms with Gasteiger partial charge in [-0.15, -0.1) is 0 Å². The van der Waals surface area contributed by atoms with Crippen LogP contribution in [0.15, 0.2) is 41.3 Å². The van der Waals surface area contributed by atoms with E-state index in [1.807, 2.05) is 6.26 Å². The van der Waals surface area contributed by atoms with Crippen molar-refractivity contribution in [1.82, 2.24) is 9.97 Å². The van der Waals surface area contributed by atoms with Gasteiger partial charge in [0.1, 0.15) is 11.8 Å². The fraction of sp³-hybridized carbons (Fsp3) is 0.429. The third kappa shape index (κ3) is 2.58. The Bertz CT molecular complexity index is 936. The first kappa shape index (κ1) is 15.8. The van der Waals surface area contributed by atoms with Gasteiger partial charge in [0.05, 0.1) is 12.3 Å². The summed E-state index contributed by atoms with van der Waals surface area (Å²) in [5.41, 5.74) is 5.59. The van der Waals surface area contributed by atoms with Crippen LogP contribution in [-0.2, 0) is 6.42 Å². The Morgan fingerprint density at radius 3 is 2.92 bits per heavy atom. The monoisotopic (exact) mass is 349 g/mol. The molecule has 2 N–H and O–H groups in total. The van der Waals surface area contributed by atoms with E-state index in [1.54, 1.807) is 6.33 Å². The molecule has 26 heavy (non-hydrogen) atoms. The number of aryl methyl sites for hydroxylation is 1. The van der Waals surface area contributed by atoms with Crippen LogP contribution < -0.4 is 5.32 Å². The number of hydrogen-bond acceptors (Lipinski definition) is 5. The van der Waals surface area contributed by atoms with Crippen LogP contribution in [0.3, 0.4) is 0 Å². The molecule has 0 amide bonds. The second-order valence-corrected chi connectivity index (χ2v) is 7.58. The van der Waals surface area contributed by atoms with Gasteiger partial charge in [0.25, 0.3) is 0 Å². The average molecular weight is 349 g/mol. The summed E-state index contributed by atoms with van der Waals surface area (Å²) in [6.07, 6.45) is 8.80. The van der Waals surface area contributed by atoms with Crippen LogP contribution >= 0.6 is 0 Å².